The number of pyridine rings is 1. The molecule has 0 saturated heterocycles. The van der Waals surface area contributed by atoms with E-state index in [1.165, 1.54) is 31.3 Å². The van der Waals surface area contributed by atoms with Crippen LogP contribution in [0.4, 0.5) is 11.5 Å². The van der Waals surface area contributed by atoms with Crippen LogP contribution < -0.4 is 26.0 Å². The number of nitrogens with one attached hydrogen (secondary N) is 1. The summed E-state index contributed by atoms with van der Waals surface area (Å²) < 4.78 is 28.3. The van der Waals surface area contributed by atoms with E-state index >= 15 is 0 Å². The van der Waals surface area contributed by atoms with Crippen LogP contribution in [0.2, 0.25) is 0 Å². The number of nitrogens with zero attached hydrogens (tertiary/aromatic N) is 5. The molecule has 0 aliphatic carbocycles. The van der Waals surface area contributed by atoms with Crippen LogP contribution in [0.15, 0.2) is 38.7 Å². The number of primary sulfonamides is 1. The number of aromatic nitrogens is 3. The Balaban J connectivity index is 1.88. The molecule has 2 heterocycles. The lowest BCUT2D eigenvalue weighted by atomic mass is 10.0. The number of amides is 1. The van der Waals surface area contributed by atoms with E-state index in [-0.39, 0.29) is 43.9 Å². The van der Waals surface area contributed by atoms with Crippen molar-refractivity contribution in [2.24, 2.45) is 12.2 Å². The largest absolute Gasteiger partial charge is 0.539 e. The van der Waals surface area contributed by atoms with E-state index in [2.05, 4.69) is 20.1 Å². The van der Waals surface area contributed by atoms with E-state index < -0.39 is 21.9 Å². The second-order valence-corrected chi connectivity index (χ2v) is 8.92. The van der Waals surface area contributed by atoms with Crippen LogP contribution >= 0.6 is 11.8 Å². The number of benzene rings is 1. The quantitative estimate of drug-likeness (QED) is 0.292. The molecule has 0 radical (unpaired) electrons. The van der Waals surface area contributed by atoms with Crippen LogP contribution in [0.5, 0.6) is 5.95 Å². The van der Waals surface area contributed by atoms with Gasteiger partial charge in [0.15, 0.2) is 13.0 Å². The highest BCUT2D eigenvalue weighted by Crippen LogP contribution is 2.36. The maximum absolute atomic E-state index is 12.3. The van der Waals surface area contributed by atoms with Crippen LogP contribution in [0, 0.1) is 22.7 Å². The number of carbonyl (C=O) groups excluding carboxylic acids is 1. The maximum Gasteiger partial charge on any atom is 0.266 e. The third-order valence-electron chi connectivity index (χ3n) is 4.22. The Morgan fingerprint density at radius 2 is 1.91 bits per heavy atom. The van der Waals surface area contributed by atoms with Crippen LogP contribution in [-0.4, -0.2) is 30.3 Å². The topological polar surface area (TPSA) is 229 Å². The van der Waals surface area contributed by atoms with Crippen molar-refractivity contribution in [1.82, 2.24) is 10.3 Å². The van der Waals surface area contributed by atoms with E-state index in [0.717, 1.165) is 16.4 Å². The van der Waals surface area contributed by atoms with E-state index in [1.807, 2.05) is 12.1 Å². The molecular weight excluding hydrogens is 472 g/mol. The third-order valence-corrected chi connectivity index (χ3v) is 6.13. The zero-order valence-electron chi connectivity index (χ0n) is 16.8. The van der Waals surface area contributed by atoms with Gasteiger partial charge in [0.05, 0.1) is 27.0 Å². The molecule has 0 fully saturated rings. The van der Waals surface area contributed by atoms with Gasteiger partial charge in [0.1, 0.15) is 28.5 Å². The van der Waals surface area contributed by atoms with E-state index in [9.17, 15) is 28.8 Å². The lowest BCUT2D eigenvalue weighted by Gasteiger charge is -2.11. The van der Waals surface area contributed by atoms with E-state index in [0.29, 0.717) is 5.69 Å². The molecule has 168 valence electrons. The van der Waals surface area contributed by atoms with Crippen molar-refractivity contribution in [3.63, 3.8) is 0 Å². The number of nitrogen functional groups attached to an aromatic ring is 1. The van der Waals surface area contributed by atoms with E-state index in [1.54, 1.807) is 0 Å². The Kier molecular flexibility index (Phi) is 6.50. The first-order valence-electron chi connectivity index (χ1n) is 8.79. The minimum Gasteiger partial charge on any atom is -0.539 e. The van der Waals surface area contributed by atoms with Crippen LogP contribution in [0.25, 0.3) is 11.3 Å². The van der Waals surface area contributed by atoms with Gasteiger partial charge in [-0.2, -0.15) is 10.5 Å². The van der Waals surface area contributed by atoms with Crippen LogP contribution in [0.3, 0.4) is 0 Å². The molecule has 0 bridgehead atoms. The highest BCUT2D eigenvalue weighted by Gasteiger charge is 2.29. The highest BCUT2D eigenvalue weighted by atomic mass is 32.2. The molecule has 0 unspecified atom stereocenters. The zero-order chi connectivity index (χ0) is 24.3. The third kappa shape index (κ3) is 4.85. The number of nitriles is 2. The first-order valence-corrected chi connectivity index (χ1v) is 11.3. The zero-order valence-corrected chi connectivity index (χ0v) is 18.4. The van der Waals surface area contributed by atoms with Crippen LogP contribution in [-0.2, 0) is 21.9 Å². The number of hydrogen-bond acceptors (Lipinski definition) is 11. The summed E-state index contributed by atoms with van der Waals surface area (Å²) in [6, 6.07) is 8.91. The van der Waals surface area contributed by atoms with Gasteiger partial charge in [-0.05, 0) is 24.3 Å². The van der Waals surface area contributed by atoms with Crippen molar-refractivity contribution < 1.29 is 27.5 Å². The van der Waals surface area contributed by atoms with Gasteiger partial charge < -0.3 is 20.7 Å². The molecule has 0 aliphatic rings. The van der Waals surface area contributed by atoms with Gasteiger partial charge >= 0.3 is 0 Å². The molecule has 0 atom stereocenters. The molecule has 0 spiro atoms. The average molecular weight is 486 g/mol. The maximum atomic E-state index is 12.3. The normalized spacial score (nSPS) is 10.9. The summed E-state index contributed by atoms with van der Waals surface area (Å²) in [7, 11) is -2.48. The molecule has 1 amide bonds. The second-order valence-electron chi connectivity index (χ2n) is 6.39. The van der Waals surface area contributed by atoms with Crippen molar-refractivity contribution >= 4 is 39.2 Å². The summed E-state index contributed by atoms with van der Waals surface area (Å²) in [5.41, 5.74) is 5.57. The fraction of sp³-hybridized carbons (Fsp3) is 0.111. The molecule has 15 heteroatoms. The molecule has 3 aromatic rings. The molecule has 2 aromatic heterocycles. The number of carbonyl (C=O) groups is 1. The average Bonchev–Trinajstić information content (AvgIpc) is 3.09. The van der Waals surface area contributed by atoms with Crippen molar-refractivity contribution in [3.05, 3.63) is 35.4 Å². The summed E-state index contributed by atoms with van der Waals surface area (Å²) in [6.45, 7) is 0. The second kappa shape index (κ2) is 9.13. The van der Waals surface area contributed by atoms with Gasteiger partial charge in [-0.15, -0.1) is 0 Å². The number of rotatable bonds is 6. The van der Waals surface area contributed by atoms with Gasteiger partial charge in [0, 0.05) is 5.69 Å². The number of sulfonamides is 1. The Bertz CT molecular complexity index is 1420. The van der Waals surface area contributed by atoms with Gasteiger partial charge in [-0.25, -0.2) is 18.5 Å². The van der Waals surface area contributed by atoms with Gasteiger partial charge in [-0.3, -0.25) is 4.79 Å². The molecule has 1 aromatic carbocycles. The summed E-state index contributed by atoms with van der Waals surface area (Å²) in [4.78, 5) is 16.3. The fourth-order valence-corrected chi connectivity index (χ4v) is 4.09. The number of nitrogens with two attached hydrogens (primary N) is 2. The number of aryl methyl sites for hydroxylation is 1. The van der Waals surface area contributed by atoms with Crippen molar-refractivity contribution in [1.29, 1.82) is 10.5 Å². The SMILES string of the molecule is C[n+]1noc([O-])c1-c1c(C#N)c(N)nc(SCC(=O)Nc2ccc(S(N)(=O)=O)cc2)c1C#N. The molecule has 13 nitrogen and oxygen atoms in total. The first-order chi connectivity index (χ1) is 15.6. The number of hydrogen-bond donors (Lipinski definition) is 3. The Morgan fingerprint density at radius 1 is 1.27 bits per heavy atom. The van der Waals surface area contributed by atoms with Crippen molar-refractivity contribution in [3.8, 4) is 29.3 Å². The van der Waals surface area contributed by atoms with Gasteiger partial charge in [0.2, 0.25) is 15.9 Å². The Morgan fingerprint density at radius 3 is 2.42 bits per heavy atom. The van der Waals surface area contributed by atoms with Crippen LogP contribution in [0.1, 0.15) is 11.1 Å². The lowest BCUT2D eigenvalue weighted by Crippen LogP contribution is -2.32. The predicted octanol–water partition coefficient (Wildman–Crippen LogP) is -0.662. The summed E-state index contributed by atoms with van der Waals surface area (Å²) >= 11 is 0.850. The summed E-state index contributed by atoms with van der Waals surface area (Å²) in [6.07, 6.45) is 0. The Labute approximate surface area is 191 Å². The number of anilines is 2. The summed E-state index contributed by atoms with van der Waals surface area (Å²) in [5.74, 6) is -1.84. The molecular formula is C18H14N8O5S2. The minimum atomic E-state index is -3.87. The van der Waals surface area contributed by atoms with Gasteiger partial charge in [-0.1, -0.05) is 16.4 Å². The molecule has 33 heavy (non-hydrogen) atoms. The smallest absolute Gasteiger partial charge is 0.266 e. The molecule has 0 saturated carbocycles. The standard InChI is InChI=1S/C18H14N8O5S2/c1-26-15(18(28)31-25-26)14-11(6-19)16(21)24-17(12(14)7-20)32-8-13(27)23-9-2-4-10(5-3-9)33(22,29)30/h2-5H,8H2,1H3,(H5-,21,22,23,24,25,27,28,29,30). The Hall–Kier alpha value is -4.18. The van der Waals surface area contributed by atoms with Gasteiger partial charge in [0.25, 0.3) is 5.69 Å². The monoisotopic (exact) mass is 486 g/mol. The van der Waals surface area contributed by atoms with E-state index in [4.69, 9.17) is 10.9 Å². The highest BCUT2D eigenvalue weighted by molar-refractivity contribution is 8.00. The fourth-order valence-electron chi connectivity index (χ4n) is 2.78. The minimum absolute atomic E-state index is 0.0179. The lowest BCUT2D eigenvalue weighted by molar-refractivity contribution is -0.730. The first kappa shape index (κ1) is 23.5. The molecule has 3 rings (SSSR count). The predicted molar refractivity (Wildman–Crippen MR) is 111 cm³/mol. The summed E-state index contributed by atoms with van der Waals surface area (Å²) in [5, 5.41) is 42.4. The molecule has 5 N–H and O–H groups in total. The molecule has 0 aliphatic heterocycles. The van der Waals surface area contributed by atoms with Crippen molar-refractivity contribution in [2.75, 3.05) is 16.8 Å². The number of thioether (sulfide) groups is 1. The van der Waals surface area contributed by atoms with Crippen molar-refractivity contribution in [2.45, 2.75) is 9.92 Å².